The Labute approximate surface area is 144 Å². The van der Waals surface area contributed by atoms with E-state index in [1.165, 1.54) is 11.1 Å². The highest BCUT2D eigenvalue weighted by Crippen LogP contribution is 2.34. The van der Waals surface area contributed by atoms with Gasteiger partial charge in [0.2, 0.25) is 0 Å². The molecule has 2 atom stereocenters. The predicted molar refractivity (Wildman–Crippen MR) is 98.4 cm³/mol. The summed E-state index contributed by atoms with van der Waals surface area (Å²) < 4.78 is 6.31. The van der Waals surface area contributed by atoms with Crippen LogP contribution in [0.5, 0.6) is 5.75 Å². The Morgan fingerprint density at radius 2 is 1.70 bits per heavy atom. The van der Waals surface area contributed by atoms with Crippen LogP contribution in [0, 0.1) is 5.92 Å². The first-order valence-electron chi connectivity index (χ1n) is 8.18. The maximum atomic E-state index is 6.45. The monoisotopic (exact) mass is 331 g/mol. The summed E-state index contributed by atoms with van der Waals surface area (Å²) in [7, 11) is 1.96. The summed E-state index contributed by atoms with van der Waals surface area (Å²) in [6.07, 6.45) is -0.0361. The zero-order valence-corrected chi connectivity index (χ0v) is 15.1. The van der Waals surface area contributed by atoms with Crippen LogP contribution in [-0.4, -0.2) is 13.6 Å². The summed E-state index contributed by atoms with van der Waals surface area (Å²) in [6, 6.07) is 16.4. The lowest BCUT2D eigenvalue weighted by molar-refractivity contribution is 0.144. The van der Waals surface area contributed by atoms with Crippen LogP contribution >= 0.6 is 11.6 Å². The van der Waals surface area contributed by atoms with E-state index in [9.17, 15) is 0 Å². The molecule has 0 aliphatic rings. The molecule has 2 rings (SSSR count). The van der Waals surface area contributed by atoms with Gasteiger partial charge >= 0.3 is 0 Å². The Hall–Kier alpha value is -1.51. The molecule has 2 unspecified atom stereocenters. The lowest BCUT2D eigenvalue weighted by Gasteiger charge is -2.26. The first kappa shape index (κ1) is 17.8. The zero-order chi connectivity index (χ0) is 16.8. The van der Waals surface area contributed by atoms with E-state index in [1.54, 1.807) is 0 Å². The molecule has 2 aromatic carbocycles. The minimum atomic E-state index is -0.0361. The molecule has 2 nitrogen and oxygen atoms in total. The van der Waals surface area contributed by atoms with Crippen molar-refractivity contribution in [3.8, 4) is 5.75 Å². The number of rotatable bonds is 7. The zero-order valence-electron chi connectivity index (χ0n) is 14.3. The Bertz CT molecular complexity index is 612. The Kier molecular flexibility index (Phi) is 6.49. The molecule has 0 saturated heterocycles. The van der Waals surface area contributed by atoms with E-state index in [2.05, 4.69) is 44.3 Å². The van der Waals surface area contributed by atoms with E-state index in [0.29, 0.717) is 16.9 Å². The Morgan fingerprint density at radius 1 is 1.00 bits per heavy atom. The van der Waals surface area contributed by atoms with Gasteiger partial charge in [0.05, 0.1) is 5.02 Å². The average molecular weight is 332 g/mol. The smallest absolute Gasteiger partial charge is 0.138 e. The average Bonchev–Trinajstić information content (AvgIpc) is 2.54. The van der Waals surface area contributed by atoms with Crippen molar-refractivity contribution in [3.05, 3.63) is 64.7 Å². The van der Waals surface area contributed by atoms with Gasteiger partial charge in [0.25, 0.3) is 0 Å². The van der Waals surface area contributed by atoms with Crippen molar-refractivity contribution in [2.45, 2.75) is 32.8 Å². The van der Waals surface area contributed by atoms with Gasteiger partial charge in [-0.3, -0.25) is 0 Å². The van der Waals surface area contributed by atoms with Crippen molar-refractivity contribution < 1.29 is 4.74 Å². The van der Waals surface area contributed by atoms with Gasteiger partial charge < -0.3 is 10.1 Å². The molecule has 0 aliphatic carbocycles. The second-order valence-electron chi connectivity index (χ2n) is 6.33. The van der Waals surface area contributed by atoms with Gasteiger partial charge in [-0.25, -0.2) is 0 Å². The molecule has 0 radical (unpaired) electrons. The quantitative estimate of drug-likeness (QED) is 0.729. The Morgan fingerprint density at radius 3 is 2.26 bits per heavy atom. The van der Waals surface area contributed by atoms with E-state index in [0.717, 1.165) is 12.3 Å². The number of benzene rings is 2. The number of halogens is 1. The second kappa shape index (κ2) is 8.37. The third-order valence-corrected chi connectivity index (χ3v) is 4.34. The van der Waals surface area contributed by atoms with E-state index >= 15 is 0 Å². The van der Waals surface area contributed by atoms with Gasteiger partial charge in [0.1, 0.15) is 11.9 Å². The number of hydrogen-bond donors (Lipinski definition) is 1. The van der Waals surface area contributed by atoms with Gasteiger partial charge in [-0.15, -0.1) is 0 Å². The van der Waals surface area contributed by atoms with Crippen LogP contribution in [0.2, 0.25) is 5.02 Å². The minimum absolute atomic E-state index is 0.0361. The molecule has 3 heteroatoms. The summed E-state index contributed by atoms with van der Waals surface area (Å²) in [6.45, 7) is 7.38. The highest BCUT2D eigenvalue weighted by molar-refractivity contribution is 6.32. The Balaban J connectivity index is 2.27. The van der Waals surface area contributed by atoms with Crippen molar-refractivity contribution in [1.29, 1.82) is 0 Å². The largest absolute Gasteiger partial charge is 0.484 e. The number of ether oxygens (including phenoxy) is 1. The van der Waals surface area contributed by atoms with Crippen LogP contribution in [-0.2, 0) is 0 Å². The topological polar surface area (TPSA) is 21.3 Å². The van der Waals surface area contributed by atoms with E-state index < -0.39 is 0 Å². The lowest BCUT2D eigenvalue weighted by atomic mass is 9.97. The molecule has 124 valence electrons. The number of hydrogen-bond acceptors (Lipinski definition) is 2. The third kappa shape index (κ3) is 4.73. The molecule has 0 saturated carbocycles. The highest BCUT2D eigenvalue weighted by Gasteiger charge is 2.22. The maximum absolute atomic E-state index is 6.45. The van der Waals surface area contributed by atoms with E-state index in [1.807, 2.05) is 37.4 Å². The predicted octanol–water partition coefficient (Wildman–Crippen LogP) is 5.44. The molecule has 0 amide bonds. The first-order chi connectivity index (χ1) is 11.0. The molecule has 2 aromatic rings. The molecule has 0 heterocycles. The van der Waals surface area contributed by atoms with Crippen molar-refractivity contribution >= 4 is 11.6 Å². The van der Waals surface area contributed by atoms with Gasteiger partial charge in [0, 0.05) is 12.5 Å². The van der Waals surface area contributed by atoms with Crippen molar-refractivity contribution in [3.63, 3.8) is 0 Å². The molecule has 0 fully saturated rings. The molecule has 0 spiro atoms. The molecule has 0 aliphatic heterocycles. The van der Waals surface area contributed by atoms with Crippen LogP contribution in [0.15, 0.2) is 48.5 Å². The molecule has 0 aromatic heterocycles. The van der Waals surface area contributed by atoms with Crippen LogP contribution < -0.4 is 10.1 Å². The van der Waals surface area contributed by atoms with Crippen molar-refractivity contribution in [2.24, 2.45) is 5.92 Å². The van der Waals surface area contributed by atoms with Gasteiger partial charge in [-0.05, 0) is 36.2 Å². The van der Waals surface area contributed by atoms with Crippen LogP contribution in [0.1, 0.15) is 43.9 Å². The fourth-order valence-electron chi connectivity index (χ4n) is 2.69. The summed E-state index contributed by atoms with van der Waals surface area (Å²) in [5.74, 6) is 1.52. The van der Waals surface area contributed by atoms with E-state index in [4.69, 9.17) is 16.3 Å². The molecule has 23 heavy (non-hydrogen) atoms. The minimum Gasteiger partial charge on any atom is -0.484 e. The standard InChI is InChI=1S/C20H26ClNO/c1-14(2)17-10-11-19(18(21)12-17)23-20(15(3)13-22-4)16-8-6-5-7-9-16/h5-12,14-15,20,22H,13H2,1-4H3. The highest BCUT2D eigenvalue weighted by atomic mass is 35.5. The van der Waals surface area contributed by atoms with Gasteiger partial charge in [-0.1, -0.05) is 68.8 Å². The van der Waals surface area contributed by atoms with Crippen LogP contribution in [0.3, 0.4) is 0 Å². The first-order valence-corrected chi connectivity index (χ1v) is 8.56. The van der Waals surface area contributed by atoms with Gasteiger partial charge in [0.15, 0.2) is 0 Å². The molecule has 0 bridgehead atoms. The van der Waals surface area contributed by atoms with Crippen LogP contribution in [0.4, 0.5) is 0 Å². The molecular weight excluding hydrogens is 306 g/mol. The third-order valence-electron chi connectivity index (χ3n) is 4.05. The van der Waals surface area contributed by atoms with Gasteiger partial charge in [-0.2, -0.15) is 0 Å². The SMILES string of the molecule is CNCC(C)C(Oc1ccc(C(C)C)cc1Cl)c1ccccc1. The van der Waals surface area contributed by atoms with Crippen molar-refractivity contribution in [1.82, 2.24) is 5.32 Å². The summed E-state index contributed by atoms with van der Waals surface area (Å²) in [5, 5.41) is 3.90. The normalized spacial score (nSPS) is 13.8. The summed E-state index contributed by atoms with van der Waals surface area (Å²) in [4.78, 5) is 0. The molecular formula is C20H26ClNO. The fourth-order valence-corrected chi connectivity index (χ4v) is 2.93. The second-order valence-corrected chi connectivity index (χ2v) is 6.74. The lowest BCUT2D eigenvalue weighted by Crippen LogP contribution is -2.26. The van der Waals surface area contributed by atoms with E-state index in [-0.39, 0.29) is 6.10 Å². The maximum Gasteiger partial charge on any atom is 0.138 e. The summed E-state index contributed by atoms with van der Waals surface area (Å²) >= 11 is 6.45. The summed E-state index contributed by atoms with van der Waals surface area (Å²) in [5.41, 5.74) is 2.39. The van der Waals surface area contributed by atoms with Crippen LogP contribution in [0.25, 0.3) is 0 Å². The fraction of sp³-hybridized carbons (Fsp3) is 0.400. The van der Waals surface area contributed by atoms with Crippen molar-refractivity contribution in [2.75, 3.05) is 13.6 Å². The molecule has 1 N–H and O–H groups in total. The number of nitrogens with one attached hydrogen (secondary N) is 1.